The summed E-state index contributed by atoms with van der Waals surface area (Å²) in [5.74, 6) is -1.25. The predicted molar refractivity (Wildman–Crippen MR) is 75.3 cm³/mol. The maximum absolute atomic E-state index is 11.6. The molecule has 0 aromatic heterocycles. The zero-order valence-electron chi connectivity index (χ0n) is 12.7. The summed E-state index contributed by atoms with van der Waals surface area (Å²) in [5, 5.41) is 16.6. The van der Waals surface area contributed by atoms with Crippen LogP contribution in [0.5, 0.6) is 0 Å². The number of amides is 3. The molecular weight excluding hydrogens is 262 g/mol. The van der Waals surface area contributed by atoms with E-state index in [-0.39, 0.29) is 24.9 Å². The Labute approximate surface area is 119 Å². The molecule has 7 nitrogen and oxygen atoms in total. The Morgan fingerprint density at radius 2 is 1.65 bits per heavy atom. The van der Waals surface area contributed by atoms with Crippen molar-refractivity contribution in [1.29, 1.82) is 0 Å². The van der Waals surface area contributed by atoms with E-state index >= 15 is 0 Å². The lowest BCUT2D eigenvalue weighted by Crippen LogP contribution is -2.52. The molecule has 7 heteroatoms. The standard InChI is InChI=1S/C13H25N3O4/c1-8(2)15-9(17)6-7-14-12(20)16-10(11(18)19)13(3,4)5/h8,10H,6-7H2,1-5H3,(H,15,17)(H,18,19)(H2,14,16,20)/t10-/m1/s1. The van der Waals surface area contributed by atoms with E-state index < -0.39 is 23.5 Å². The molecule has 0 heterocycles. The summed E-state index contributed by atoms with van der Waals surface area (Å²) in [5.41, 5.74) is -0.599. The van der Waals surface area contributed by atoms with Crippen LogP contribution in [0.15, 0.2) is 0 Å². The topological polar surface area (TPSA) is 108 Å². The maximum atomic E-state index is 11.6. The number of rotatable bonds is 6. The molecular formula is C13H25N3O4. The number of carbonyl (C=O) groups excluding carboxylic acids is 2. The van der Waals surface area contributed by atoms with Gasteiger partial charge in [0.05, 0.1) is 0 Å². The number of carboxylic acids is 1. The molecule has 0 aliphatic rings. The first-order valence-corrected chi connectivity index (χ1v) is 6.60. The van der Waals surface area contributed by atoms with Gasteiger partial charge in [-0.25, -0.2) is 9.59 Å². The second kappa shape index (κ2) is 7.72. The van der Waals surface area contributed by atoms with E-state index in [1.54, 1.807) is 20.8 Å². The van der Waals surface area contributed by atoms with Crippen molar-refractivity contribution in [3.63, 3.8) is 0 Å². The Hall–Kier alpha value is -1.79. The van der Waals surface area contributed by atoms with Crippen molar-refractivity contribution in [1.82, 2.24) is 16.0 Å². The maximum Gasteiger partial charge on any atom is 0.326 e. The molecule has 0 bridgehead atoms. The molecule has 0 aliphatic carbocycles. The fourth-order valence-electron chi connectivity index (χ4n) is 1.51. The van der Waals surface area contributed by atoms with Crippen LogP contribution in [0.3, 0.4) is 0 Å². The highest BCUT2D eigenvalue weighted by Gasteiger charge is 2.32. The van der Waals surface area contributed by atoms with E-state index in [1.165, 1.54) is 0 Å². The molecule has 0 saturated carbocycles. The van der Waals surface area contributed by atoms with Crippen LogP contribution >= 0.6 is 0 Å². The van der Waals surface area contributed by atoms with Gasteiger partial charge >= 0.3 is 12.0 Å². The highest BCUT2D eigenvalue weighted by Crippen LogP contribution is 2.19. The molecule has 20 heavy (non-hydrogen) atoms. The highest BCUT2D eigenvalue weighted by molar-refractivity contribution is 5.83. The Morgan fingerprint density at radius 1 is 1.10 bits per heavy atom. The summed E-state index contributed by atoms with van der Waals surface area (Å²) in [6.45, 7) is 9.02. The van der Waals surface area contributed by atoms with Gasteiger partial charge in [-0.3, -0.25) is 4.79 Å². The van der Waals surface area contributed by atoms with Crippen molar-refractivity contribution in [3.05, 3.63) is 0 Å². The zero-order valence-corrected chi connectivity index (χ0v) is 12.7. The van der Waals surface area contributed by atoms with Crippen LogP contribution in [-0.2, 0) is 9.59 Å². The third-order valence-electron chi connectivity index (χ3n) is 2.48. The Balaban J connectivity index is 4.16. The zero-order chi connectivity index (χ0) is 15.9. The van der Waals surface area contributed by atoms with Crippen LogP contribution in [0, 0.1) is 5.41 Å². The first-order chi connectivity index (χ1) is 9.04. The molecule has 1 atom stereocenters. The second-order valence-electron chi connectivity index (χ2n) is 6.01. The molecule has 0 spiro atoms. The fraction of sp³-hybridized carbons (Fsp3) is 0.769. The third-order valence-corrected chi connectivity index (χ3v) is 2.48. The molecule has 0 aromatic carbocycles. The highest BCUT2D eigenvalue weighted by atomic mass is 16.4. The summed E-state index contributed by atoms with van der Waals surface area (Å²) in [6, 6.07) is -1.54. The molecule has 3 amide bonds. The summed E-state index contributed by atoms with van der Waals surface area (Å²) >= 11 is 0. The molecule has 0 unspecified atom stereocenters. The largest absolute Gasteiger partial charge is 0.480 e. The van der Waals surface area contributed by atoms with Gasteiger partial charge in [-0.05, 0) is 19.3 Å². The number of carboxylic acid groups (broad SMARTS) is 1. The molecule has 0 radical (unpaired) electrons. The van der Waals surface area contributed by atoms with Crippen LogP contribution in [0.25, 0.3) is 0 Å². The van der Waals surface area contributed by atoms with Crippen LogP contribution in [0.2, 0.25) is 0 Å². The first kappa shape index (κ1) is 18.2. The number of carbonyl (C=O) groups is 3. The average molecular weight is 287 g/mol. The van der Waals surface area contributed by atoms with Gasteiger partial charge in [0, 0.05) is 19.0 Å². The van der Waals surface area contributed by atoms with Crippen molar-refractivity contribution in [3.8, 4) is 0 Å². The van der Waals surface area contributed by atoms with E-state index in [4.69, 9.17) is 5.11 Å². The SMILES string of the molecule is CC(C)NC(=O)CCNC(=O)N[C@H](C(=O)O)C(C)(C)C. The predicted octanol–water partition coefficient (Wildman–Crippen LogP) is 0.700. The number of hydrogen-bond acceptors (Lipinski definition) is 3. The number of aliphatic carboxylic acids is 1. The first-order valence-electron chi connectivity index (χ1n) is 6.60. The third kappa shape index (κ3) is 7.60. The minimum atomic E-state index is -1.09. The minimum Gasteiger partial charge on any atom is -0.480 e. The smallest absolute Gasteiger partial charge is 0.326 e. The van der Waals surface area contributed by atoms with Crippen LogP contribution < -0.4 is 16.0 Å². The van der Waals surface area contributed by atoms with Crippen LogP contribution in [0.1, 0.15) is 41.0 Å². The molecule has 0 saturated heterocycles. The molecule has 0 aliphatic heterocycles. The second-order valence-corrected chi connectivity index (χ2v) is 6.01. The number of hydrogen-bond donors (Lipinski definition) is 4. The van der Waals surface area contributed by atoms with E-state index in [9.17, 15) is 14.4 Å². The van der Waals surface area contributed by atoms with Gasteiger partial charge in [0.15, 0.2) is 0 Å². The summed E-state index contributed by atoms with van der Waals surface area (Å²) in [7, 11) is 0. The van der Waals surface area contributed by atoms with Crippen molar-refractivity contribution in [2.45, 2.75) is 53.1 Å². The lowest BCUT2D eigenvalue weighted by atomic mass is 9.87. The Bertz CT molecular complexity index is 361. The van der Waals surface area contributed by atoms with Gasteiger partial charge in [0.2, 0.25) is 5.91 Å². The lowest BCUT2D eigenvalue weighted by Gasteiger charge is -2.27. The van der Waals surface area contributed by atoms with Gasteiger partial charge < -0.3 is 21.1 Å². The van der Waals surface area contributed by atoms with E-state index in [2.05, 4.69) is 16.0 Å². The summed E-state index contributed by atoms with van der Waals surface area (Å²) in [6.07, 6.45) is 0.152. The van der Waals surface area contributed by atoms with E-state index in [0.29, 0.717) is 0 Å². The number of urea groups is 1. The Kier molecular flexibility index (Phi) is 7.02. The fourth-order valence-corrected chi connectivity index (χ4v) is 1.51. The van der Waals surface area contributed by atoms with Gasteiger partial charge in [-0.15, -0.1) is 0 Å². The van der Waals surface area contributed by atoms with Crippen LogP contribution in [0.4, 0.5) is 4.79 Å². The normalized spacial score (nSPS) is 12.7. The molecule has 4 N–H and O–H groups in total. The quantitative estimate of drug-likeness (QED) is 0.576. The van der Waals surface area contributed by atoms with Crippen molar-refractivity contribution in [2.24, 2.45) is 5.41 Å². The monoisotopic (exact) mass is 287 g/mol. The summed E-state index contributed by atoms with van der Waals surface area (Å²) < 4.78 is 0. The number of nitrogens with one attached hydrogen (secondary N) is 3. The minimum absolute atomic E-state index is 0.0496. The van der Waals surface area contributed by atoms with Gasteiger partial charge in [0.1, 0.15) is 6.04 Å². The van der Waals surface area contributed by atoms with E-state index in [1.807, 2.05) is 13.8 Å². The molecule has 0 aromatic rings. The van der Waals surface area contributed by atoms with Gasteiger partial charge in [0.25, 0.3) is 0 Å². The average Bonchev–Trinajstić information content (AvgIpc) is 2.22. The van der Waals surface area contributed by atoms with Crippen molar-refractivity contribution in [2.75, 3.05) is 6.54 Å². The lowest BCUT2D eigenvalue weighted by molar-refractivity contribution is -0.141. The summed E-state index contributed by atoms with van der Waals surface area (Å²) in [4.78, 5) is 34.0. The van der Waals surface area contributed by atoms with Gasteiger partial charge in [-0.1, -0.05) is 20.8 Å². The molecule has 116 valence electrons. The molecule has 0 rings (SSSR count). The van der Waals surface area contributed by atoms with Gasteiger partial charge in [-0.2, -0.15) is 0 Å². The van der Waals surface area contributed by atoms with Crippen molar-refractivity contribution < 1.29 is 19.5 Å². The molecule has 0 fully saturated rings. The van der Waals surface area contributed by atoms with Crippen LogP contribution in [-0.4, -0.2) is 41.6 Å². The van der Waals surface area contributed by atoms with E-state index in [0.717, 1.165) is 0 Å². The Morgan fingerprint density at radius 3 is 2.05 bits per heavy atom. The van der Waals surface area contributed by atoms with Crippen molar-refractivity contribution >= 4 is 17.9 Å².